The fourth-order valence-electron chi connectivity index (χ4n) is 2.46. The van der Waals surface area contributed by atoms with Gasteiger partial charge < -0.3 is 5.73 Å². The van der Waals surface area contributed by atoms with Crippen molar-refractivity contribution in [2.45, 2.75) is 44.4 Å². The van der Waals surface area contributed by atoms with Crippen LogP contribution in [0.4, 0.5) is 0 Å². The third kappa shape index (κ3) is 2.23. The fraction of sp³-hybridized carbons (Fsp3) is 0.571. The lowest BCUT2D eigenvalue weighted by molar-refractivity contribution is 0.415. The molecule has 1 unspecified atom stereocenters. The number of rotatable bonds is 4. The highest BCUT2D eigenvalue weighted by atomic mass is 14.5. The summed E-state index contributed by atoms with van der Waals surface area (Å²) >= 11 is 0. The van der Waals surface area contributed by atoms with Gasteiger partial charge in [0.25, 0.3) is 0 Å². The molecule has 2 rings (SSSR count). The third-order valence-electron chi connectivity index (χ3n) is 3.67. The molecule has 1 atom stereocenters. The molecule has 0 bridgehead atoms. The quantitative estimate of drug-likeness (QED) is 0.797. The molecule has 1 heteroatoms. The standard InChI is InChI=1S/C14H21N/c1-11(9-10-15)13-7-2-3-8-14(13)12-5-4-6-12/h2-3,7-8,11-12H,4-6,9-10,15H2,1H3. The minimum absolute atomic E-state index is 0.617. The summed E-state index contributed by atoms with van der Waals surface area (Å²) in [4.78, 5) is 0. The summed E-state index contributed by atoms with van der Waals surface area (Å²) in [7, 11) is 0. The van der Waals surface area contributed by atoms with Crippen molar-refractivity contribution in [3.8, 4) is 0 Å². The molecule has 1 aliphatic rings. The van der Waals surface area contributed by atoms with Gasteiger partial charge in [-0.05, 0) is 48.8 Å². The van der Waals surface area contributed by atoms with Crippen molar-refractivity contribution in [3.05, 3.63) is 35.4 Å². The van der Waals surface area contributed by atoms with E-state index >= 15 is 0 Å². The summed E-state index contributed by atoms with van der Waals surface area (Å²) in [6, 6.07) is 8.93. The number of hydrogen-bond acceptors (Lipinski definition) is 1. The Bertz CT molecular complexity index is 315. The van der Waals surface area contributed by atoms with Crippen LogP contribution >= 0.6 is 0 Å². The topological polar surface area (TPSA) is 26.0 Å². The van der Waals surface area contributed by atoms with Crippen molar-refractivity contribution in [1.82, 2.24) is 0 Å². The molecule has 0 saturated heterocycles. The molecule has 1 fully saturated rings. The summed E-state index contributed by atoms with van der Waals surface area (Å²) in [6.07, 6.45) is 5.27. The molecule has 82 valence electrons. The maximum atomic E-state index is 5.64. The first-order valence-corrected chi connectivity index (χ1v) is 6.12. The molecule has 15 heavy (non-hydrogen) atoms. The maximum Gasteiger partial charge on any atom is -0.00715 e. The summed E-state index contributed by atoms with van der Waals surface area (Å²) in [5.41, 5.74) is 8.76. The van der Waals surface area contributed by atoms with Crippen molar-refractivity contribution in [3.63, 3.8) is 0 Å². The van der Waals surface area contributed by atoms with Crippen molar-refractivity contribution in [1.29, 1.82) is 0 Å². The van der Waals surface area contributed by atoms with Gasteiger partial charge in [-0.25, -0.2) is 0 Å². The SMILES string of the molecule is CC(CCN)c1ccccc1C1CCC1. The Kier molecular flexibility index (Phi) is 3.42. The molecule has 1 aromatic rings. The molecule has 1 aromatic carbocycles. The first-order valence-electron chi connectivity index (χ1n) is 6.12. The number of benzene rings is 1. The molecular weight excluding hydrogens is 182 g/mol. The van der Waals surface area contributed by atoms with Gasteiger partial charge in [0, 0.05) is 0 Å². The predicted molar refractivity (Wildman–Crippen MR) is 65.1 cm³/mol. The van der Waals surface area contributed by atoms with E-state index in [2.05, 4.69) is 31.2 Å². The molecule has 0 aromatic heterocycles. The molecule has 2 N–H and O–H groups in total. The van der Waals surface area contributed by atoms with Gasteiger partial charge >= 0.3 is 0 Å². The lowest BCUT2D eigenvalue weighted by Gasteiger charge is -2.29. The zero-order valence-corrected chi connectivity index (χ0v) is 9.58. The van der Waals surface area contributed by atoms with Crippen LogP contribution in [0.2, 0.25) is 0 Å². The van der Waals surface area contributed by atoms with E-state index < -0.39 is 0 Å². The zero-order valence-electron chi connectivity index (χ0n) is 9.58. The normalized spacial score (nSPS) is 18.5. The lowest BCUT2D eigenvalue weighted by atomic mass is 9.76. The highest BCUT2D eigenvalue weighted by Crippen LogP contribution is 2.40. The second-order valence-corrected chi connectivity index (χ2v) is 4.74. The first-order chi connectivity index (χ1) is 7.33. The van der Waals surface area contributed by atoms with Gasteiger partial charge in [-0.3, -0.25) is 0 Å². The summed E-state index contributed by atoms with van der Waals surface area (Å²) in [5.74, 6) is 1.45. The minimum Gasteiger partial charge on any atom is -0.330 e. The average molecular weight is 203 g/mol. The second-order valence-electron chi connectivity index (χ2n) is 4.74. The number of hydrogen-bond donors (Lipinski definition) is 1. The van der Waals surface area contributed by atoms with Gasteiger partial charge in [0.2, 0.25) is 0 Å². The first kappa shape index (κ1) is 10.7. The Morgan fingerprint density at radius 1 is 1.33 bits per heavy atom. The molecule has 0 radical (unpaired) electrons. The Hall–Kier alpha value is -0.820. The van der Waals surface area contributed by atoms with E-state index in [-0.39, 0.29) is 0 Å². The van der Waals surface area contributed by atoms with E-state index in [1.54, 1.807) is 5.56 Å². The largest absolute Gasteiger partial charge is 0.330 e. The highest BCUT2D eigenvalue weighted by molar-refractivity contribution is 5.34. The van der Waals surface area contributed by atoms with Crippen LogP contribution in [0.3, 0.4) is 0 Å². The van der Waals surface area contributed by atoms with E-state index in [9.17, 15) is 0 Å². The molecule has 1 aliphatic carbocycles. The van der Waals surface area contributed by atoms with Crippen LogP contribution in [0.25, 0.3) is 0 Å². The Balaban J connectivity index is 2.20. The molecular formula is C14H21N. The van der Waals surface area contributed by atoms with Gasteiger partial charge in [0.15, 0.2) is 0 Å². The molecule has 1 nitrogen and oxygen atoms in total. The van der Waals surface area contributed by atoms with Gasteiger partial charge in [0.05, 0.1) is 0 Å². The van der Waals surface area contributed by atoms with E-state index in [4.69, 9.17) is 5.73 Å². The van der Waals surface area contributed by atoms with Crippen LogP contribution in [0.5, 0.6) is 0 Å². The Morgan fingerprint density at radius 3 is 2.67 bits per heavy atom. The van der Waals surface area contributed by atoms with Crippen LogP contribution in [0, 0.1) is 0 Å². The minimum atomic E-state index is 0.617. The lowest BCUT2D eigenvalue weighted by Crippen LogP contribution is -2.13. The van der Waals surface area contributed by atoms with Crippen LogP contribution in [-0.4, -0.2) is 6.54 Å². The van der Waals surface area contributed by atoms with E-state index in [0.29, 0.717) is 5.92 Å². The summed E-state index contributed by atoms with van der Waals surface area (Å²) in [6.45, 7) is 3.09. The Labute approximate surface area is 92.7 Å². The smallest absolute Gasteiger partial charge is 0.00715 e. The number of nitrogens with two attached hydrogens (primary N) is 1. The van der Waals surface area contributed by atoms with E-state index in [1.807, 2.05) is 0 Å². The van der Waals surface area contributed by atoms with Crippen molar-refractivity contribution >= 4 is 0 Å². The van der Waals surface area contributed by atoms with Crippen molar-refractivity contribution in [2.75, 3.05) is 6.54 Å². The Morgan fingerprint density at radius 2 is 2.07 bits per heavy atom. The molecule has 0 amide bonds. The van der Waals surface area contributed by atoms with Crippen molar-refractivity contribution < 1.29 is 0 Å². The van der Waals surface area contributed by atoms with Gasteiger partial charge in [-0.1, -0.05) is 37.6 Å². The monoisotopic (exact) mass is 203 g/mol. The molecule has 0 aliphatic heterocycles. The summed E-state index contributed by atoms with van der Waals surface area (Å²) in [5, 5.41) is 0. The van der Waals surface area contributed by atoms with Crippen LogP contribution < -0.4 is 5.73 Å². The van der Waals surface area contributed by atoms with Crippen LogP contribution in [-0.2, 0) is 0 Å². The molecule has 1 saturated carbocycles. The van der Waals surface area contributed by atoms with Crippen molar-refractivity contribution in [2.24, 2.45) is 5.73 Å². The molecule has 0 spiro atoms. The van der Waals surface area contributed by atoms with Crippen LogP contribution in [0.1, 0.15) is 55.6 Å². The zero-order chi connectivity index (χ0) is 10.7. The maximum absolute atomic E-state index is 5.64. The third-order valence-corrected chi connectivity index (χ3v) is 3.67. The van der Waals surface area contributed by atoms with Gasteiger partial charge in [-0.15, -0.1) is 0 Å². The van der Waals surface area contributed by atoms with Gasteiger partial charge in [0.1, 0.15) is 0 Å². The van der Waals surface area contributed by atoms with Crippen LogP contribution in [0.15, 0.2) is 24.3 Å². The second kappa shape index (κ2) is 4.80. The summed E-state index contributed by atoms with van der Waals surface area (Å²) < 4.78 is 0. The van der Waals surface area contributed by atoms with Gasteiger partial charge in [-0.2, -0.15) is 0 Å². The fourth-order valence-corrected chi connectivity index (χ4v) is 2.46. The highest BCUT2D eigenvalue weighted by Gasteiger charge is 2.23. The average Bonchev–Trinajstić information content (AvgIpc) is 2.16. The van der Waals surface area contributed by atoms with E-state index in [0.717, 1.165) is 18.9 Å². The molecule has 0 heterocycles. The van der Waals surface area contributed by atoms with E-state index in [1.165, 1.54) is 24.8 Å². The predicted octanol–water partition coefficient (Wildman–Crippen LogP) is 3.41.